The zero-order valence-electron chi connectivity index (χ0n) is 8.96. The lowest BCUT2D eigenvalue weighted by atomic mass is 10.1. The van der Waals surface area contributed by atoms with Gasteiger partial charge in [-0.2, -0.15) is 5.10 Å². The molecule has 0 unspecified atom stereocenters. The van der Waals surface area contributed by atoms with Crippen LogP contribution in [0.1, 0.15) is 24.0 Å². The van der Waals surface area contributed by atoms with Crippen LogP contribution in [0.15, 0.2) is 24.3 Å². The molecule has 3 nitrogen and oxygen atoms in total. The summed E-state index contributed by atoms with van der Waals surface area (Å²) in [5.41, 5.74) is 5.27. The number of H-pyrrole nitrogens is 1. The molecule has 4 rings (SSSR count). The van der Waals surface area contributed by atoms with Gasteiger partial charge in [-0.15, -0.1) is 0 Å². The molecule has 2 aliphatic carbocycles. The molecule has 0 radical (unpaired) electrons. The fourth-order valence-corrected chi connectivity index (χ4v) is 2.41. The van der Waals surface area contributed by atoms with Gasteiger partial charge in [0.15, 0.2) is 5.82 Å². The number of aromatic amines is 1. The molecule has 2 aromatic rings. The summed E-state index contributed by atoms with van der Waals surface area (Å²) in [4.78, 5) is 0. The van der Waals surface area contributed by atoms with Crippen molar-refractivity contribution >= 4 is 5.82 Å². The van der Waals surface area contributed by atoms with E-state index in [1.807, 2.05) is 0 Å². The minimum atomic E-state index is 0.663. The molecule has 80 valence electrons. The van der Waals surface area contributed by atoms with Crippen LogP contribution in [0, 0.1) is 0 Å². The van der Waals surface area contributed by atoms with Gasteiger partial charge in [-0.25, -0.2) is 0 Å². The van der Waals surface area contributed by atoms with Gasteiger partial charge in [-0.1, -0.05) is 24.3 Å². The second-order valence-electron chi connectivity index (χ2n) is 4.68. The van der Waals surface area contributed by atoms with Crippen molar-refractivity contribution in [2.24, 2.45) is 0 Å². The number of aromatic nitrogens is 2. The average Bonchev–Trinajstić information content (AvgIpc) is 2.92. The first kappa shape index (κ1) is 8.39. The topological polar surface area (TPSA) is 40.7 Å². The Labute approximate surface area is 93.9 Å². The van der Waals surface area contributed by atoms with E-state index >= 15 is 0 Å². The molecule has 1 saturated carbocycles. The van der Waals surface area contributed by atoms with Gasteiger partial charge in [0.05, 0.1) is 5.69 Å². The highest BCUT2D eigenvalue weighted by Gasteiger charge is 2.28. The van der Waals surface area contributed by atoms with E-state index in [1.54, 1.807) is 0 Å². The third-order valence-corrected chi connectivity index (χ3v) is 3.44. The maximum Gasteiger partial charge on any atom is 0.152 e. The van der Waals surface area contributed by atoms with E-state index < -0.39 is 0 Å². The lowest BCUT2D eigenvalue weighted by Crippen LogP contribution is -2.03. The summed E-state index contributed by atoms with van der Waals surface area (Å²) in [5.74, 6) is 1.06. The first-order valence-electron chi connectivity index (χ1n) is 5.84. The quantitative estimate of drug-likeness (QED) is 0.684. The molecule has 0 amide bonds. The molecule has 0 bridgehead atoms. The van der Waals surface area contributed by atoms with Crippen molar-refractivity contribution in [2.45, 2.75) is 25.3 Å². The monoisotopic (exact) mass is 211 g/mol. The molecule has 1 aromatic heterocycles. The minimum Gasteiger partial charge on any atom is -0.366 e. The fourth-order valence-electron chi connectivity index (χ4n) is 2.41. The number of fused-ring (bicyclic) bond motifs is 3. The van der Waals surface area contributed by atoms with Crippen molar-refractivity contribution in [1.82, 2.24) is 10.2 Å². The van der Waals surface area contributed by atoms with Gasteiger partial charge in [-0.05, 0) is 18.4 Å². The molecular weight excluding hydrogens is 198 g/mol. The molecular formula is C13H13N3. The summed E-state index contributed by atoms with van der Waals surface area (Å²) in [5, 5.41) is 11.0. The number of anilines is 1. The normalized spacial score (nSPS) is 17.0. The van der Waals surface area contributed by atoms with Gasteiger partial charge in [0, 0.05) is 23.6 Å². The molecule has 0 aliphatic heterocycles. The smallest absolute Gasteiger partial charge is 0.152 e. The summed E-state index contributed by atoms with van der Waals surface area (Å²) in [7, 11) is 0. The summed E-state index contributed by atoms with van der Waals surface area (Å²) >= 11 is 0. The predicted molar refractivity (Wildman–Crippen MR) is 63.5 cm³/mol. The molecule has 1 aromatic carbocycles. The molecule has 2 N–H and O–H groups in total. The molecule has 0 spiro atoms. The van der Waals surface area contributed by atoms with Crippen molar-refractivity contribution in [3.05, 3.63) is 35.4 Å². The van der Waals surface area contributed by atoms with E-state index in [0.717, 1.165) is 12.2 Å². The molecule has 0 saturated heterocycles. The Balaban J connectivity index is 1.79. The van der Waals surface area contributed by atoms with Crippen molar-refractivity contribution in [1.29, 1.82) is 0 Å². The maximum atomic E-state index is 4.38. The number of nitrogens with zero attached hydrogens (tertiary/aromatic N) is 1. The SMILES string of the molecule is c1ccc2c(c1)Cc1c(NC3CC3)n[nH]c1-2. The van der Waals surface area contributed by atoms with Crippen molar-refractivity contribution in [3.8, 4) is 11.3 Å². The van der Waals surface area contributed by atoms with Gasteiger partial charge in [-0.3, -0.25) is 5.10 Å². The van der Waals surface area contributed by atoms with E-state index in [1.165, 1.54) is 35.2 Å². The zero-order chi connectivity index (χ0) is 10.5. The van der Waals surface area contributed by atoms with Crippen LogP contribution < -0.4 is 5.32 Å². The van der Waals surface area contributed by atoms with Crippen LogP contribution in [-0.4, -0.2) is 16.2 Å². The molecule has 2 aliphatic rings. The third-order valence-electron chi connectivity index (χ3n) is 3.44. The zero-order valence-corrected chi connectivity index (χ0v) is 8.96. The first-order valence-corrected chi connectivity index (χ1v) is 5.84. The summed E-state index contributed by atoms with van der Waals surface area (Å²) in [6.07, 6.45) is 3.58. The molecule has 0 atom stereocenters. The number of hydrogen-bond donors (Lipinski definition) is 2. The van der Waals surface area contributed by atoms with Crippen LogP contribution in [0.2, 0.25) is 0 Å². The van der Waals surface area contributed by atoms with Crippen molar-refractivity contribution < 1.29 is 0 Å². The van der Waals surface area contributed by atoms with Gasteiger partial charge < -0.3 is 5.32 Å². The van der Waals surface area contributed by atoms with Crippen molar-refractivity contribution in [2.75, 3.05) is 5.32 Å². The summed E-state index contributed by atoms with van der Waals surface area (Å²) < 4.78 is 0. The Kier molecular flexibility index (Phi) is 1.51. The minimum absolute atomic E-state index is 0.663. The van der Waals surface area contributed by atoms with E-state index in [-0.39, 0.29) is 0 Å². The van der Waals surface area contributed by atoms with E-state index in [2.05, 4.69) is 39.8 Å². The lowest BCUT2D eigenvalue weighted by Gasteiger charge is -2.01. The van der Waals surface area contributed by atoms with Gasteiger partial charge >= 0.3 is 0 Å². The van der Waals surface area contributed by atoms with Crippen LogP contribution >= 0.6 is 0 Å². The predicted octanol–water partition coefficient (Wildman–Crippen LogP) is 2.56. The number of hydrogen-bond acceptors (Lipinski definition) is 2. The summed E-state index contributed by atoms with van der Waals surface area (Å²) in [6.45, 7) is 0. The highest BCUT2D eigenvalue weighted by Crippen LogP contribution is 2.39. The average molecular weight is 211 g/mol. The van der Waals surface area contributed by atoms with Gasteiger partial charge in [0.25, 0.3) is 0 Å². The summed E-state index contributed by atoms with van der Waals surface area (Å²) in [6, 6.07) is 9.22. The van der Waals surface area contributed by atoms with E-state index in [9.17, 15) is 0 Å². The number of nitrogens with one attached hydrogen (secondary N) is 2. The van der Waals surface area contributed by atoms with E-state index in [4.69, 9.17) is 0 Å². The number of rotatable bonds is 2. The van der Waals surface area contributed by atoms with E-state index in [0.29, 0.717) is 6.04 Å². The van der Waals surface area contributed by atoms with Gasteiger partial charge in [0.1, 0.15) is 0 Å². The van der Waals surface area contributed by atoms with Crippen molar-refractivity contribution in [3.63, 3.8) is 0 Å². The van der Waals surface area contributed by atoms with Crippen LogP contribution in [-0.2, 0) is 6.42 Å². The fraction of sp³-hybridized carbons (Fsp3) is 0.308. The third kappa shape index (κ3) is 1.11. The Morgan fingerprint density at radius 3 is 3.00 bits per heavy atom. The molecule has 3 heteroatoms. The largest absolute Gasteiger partial charge is 0.366 e. The highest BCUT2D eigenvalue weighted by atomic mass is 15.2. The van der Waals surface area contributed by atoms with Crippen LogP contribution in [0.5, 0.6) is 0 Å². The van der Waals surface area contributed by atoms with Crippen LogP contribution in [0.3, 0.4) is 0 Å². The Morgan fingerprint density at radius 2 is 2.12 bits per heavy atom. The second kappa shape index (κ2) is 2.88. The molecule has 16 heavy (non-hydrogen) atoms. The second-order valence-corrected chi connectivity index (χ2v) is 4.68. The first-order chi connectivity index (χ1) is 7.92. The highest BCUT2D eigenvalue weighted by molar-refractivity contribution is 5.78. The number of benzene rings is 1. The van der Waals surface area contributed by atoms with Crippen LogP contribution in [0.25, 0.3) is 11.3 Å². The van der Waals surface area contributed by atoms with Gasteiger partial charge in [0.2, 0.25) is 0 Å². The Bertz CT molecular complexity index is 552. The van der Waals surface area contributed by atoms with Crippen LogP contribution in [0.4, 0.5) is 5.82 Å². The standard InChI is InChI=1S/C13H13N3/c1-2-4-10-8(3-1)7-11-12(10)15-16-13(11)14-9-5-6-9/h1-4,9H,5-7H2,(H2,14,15,16). The Morgan fingerprint density at radius 1 is 1.25 bits per heavy atom. The Hall–Kier alpha value is -1.77. The maximum absolute atomic E-state index is 4.38. The lowest BCUT2D eigenvalue weighted by molar-refractivity contribution is 1.04. The molecule has 1 fully saturated rings. The molecule has 1 heterocycles.